The molecule has 0 spiro atoms. The highest BCUT2D eigenvalue weighted by Gasteiger charge is 2.21. The lowest BCUT2D eigenvalue weighted by Gasteiger charge is -2.23. The van der Waals surface area contributed by atoms with E-state index in [0.717, 1.165) is 5.56 Å². The van der Waals surface area contributed by atoms with Crippen LogP contribution in [0.25, 0.3) is 0 Å². The van der Waals surface area contributed by atoms with E-state index in [1.54, 1.807) is 0 Å². The molecule has 0 N–H and O–H groups in total. The molecule has 0 aromatic heterocycles. The molecule has 76 valence electrons. The van der Waals surface area contributed by atoms with E-state index in [-0.39, 0.29) is 5.41 Å². The fourth-order valence-corrected chi connectivity index (χ4v) is 1.26. The Morgan fingerprint density at radius 3 is 2.43 bits per heavy atom. The lowest BCUT2D eigenvalue weighted by molar-refractivity contribution is 0.148. The molecule has 0 fully saturated rings. The second-order valence-electron chi connectivity index (χ2n) is 3.78. The molecule has 0 heterocycles. The van der Waals surface area contributed by atoms with Gasteiger partial charge in [-0.25, -0.2) is 4.79 Å². The second-order valence-corrected chi connectivity index (χ2v) is 4.08. The molecule has 0 saturated carbocycles. The van der Waals surface area contributed by atoms with E-state index in [1.807, 2.05) is 44.2 Å². The van der Waals surface area contributed by atoms with Gasteiger partial charge in [-0.15, -0.1) is 0 Å². The lowest BCUT2D eigenvalue weighted by atomic mass is 9.86. The third-order valence-electron chi connectivity index (χ3n) is 2.10. The molecule has 14 heavy (non-hydrogen) atoms. The summed E-state index contributed by atoms with van der Waals surface area (Å²) in [5, 5.41) is 0. The first-order valence-electron chi connectivity index (χ1n) is 4.40. The molecule has 0 aliphatic carbocycles. The van der Waals surface area contributed by atoms with Crippen LogP contribution in [-0.2, 0) is 10.2 Å². The number of halogens is 1. The third-order valence-corrected chi connectivity index (χ3v) is 2.21. The largest absolute Gasteiger partial charge is 0.453 e. The zero-order valence-electron chi connectivity index (χ0n) is 8.29. The Hall–Kier alpha value is -1.02. The van der Waals surface area contributed by atoms with E-state index in [0.29, 0.717) is 6.61 Å². The molecular formula is C11H13ClO2. The summed E-state index contributed by atoms with van der Waals surface area (Å²) in [6, 6.07) is 9.87. The molecule has 0 bridgehead atoms. The van der Waals surface area contributed by atoms with Gasteiger partial charge < -0.3 is 4.74 Å². The number of carbonyl (C=O) groups is 1. The van der Waals surface area contributed by atoms with Crippen LogP contribution in [0.1, 0.15) is 19.4 Å². The lowest BCUT2D eigenvalue weighted by Crippen LogP contribution is -2.24. The maximum atomic E-state index is 10.5. The van der Waals surface area contributed by atoms with Crippen LogP contribution in [0.2, 0.25) is 0 Å². The van der Waals surface area contributed by atoms with Crippen LogP contribution in [0, 0.1) is 0 Å². The fourth-order valence-electron chi connectivity index (χ4n) is 1.21. The number of ether oxygens (including phenoxy) is 1. The molecule has 2 nitrogen and oxygen atoms in total. The summed E-state index contributed by atoms with van der Waals surface area (Å²) < 4.78 is 4.79. The summed E-state index contributed by atoms with van der Waals surface area (Å²) in [6.45, 7) is 4.30. The van der Waals surface area contributed by atoms with Crippen LogP contribution in [0.15, 0.2) is 30.3 Å². The molecule has 0 amide bonds. The van der Waals surface area contributed by atoms with E-state index in [9.17, 15) is 4.79 Å². The normalized spacial score (nSPS) is 11.1. The molecule has 0 atom stereocenters. The Bertz CT molecular complexity index is 306. The number of rotatable bonds is 3. The quantitative estimate of drug-likeness (QED) is 0.719. The van der Waals surface area contributed by atoms with Crippen LogP contribution in [0.3, 0.4) is 0 Å². The van der Waals surface area contributed by atoms with Crippen molar-refractivity contribution in [3.8, 4) is 0 Å². The summed E-state index contributed by atoms with van der Waals surface area (Å²) in [5.74, 6) is 0. The minimum atomic E-state index is -0.756. The molecule has 0 radical (unpaired) electrons. The predicted octanol–water partition coefficient (Wildman–Crippen LogP) is 3.34. The molecule has 3 heteroatoms. The summed E-state index contributed by atoms with van der Waals surface area (Å²) in [6.07, 6.45) is 0. The molecule has 1 rings (SSSR count). The highest BCUT2D eigenvalue weighted by Crippen LogP contribution is 2.23. The summed E-state index contributed by atoms with van der Waals surface area (Å²) >= 11 is 5.11. The smallest absolute Gasteiger partial charge is 0.403 e. The average Bonchev–Trinajstić information content (AvgIpc) is 2.16. The number of carbonyl (C=O) groups excluding carboxylic acids is 1. The number of benzene rings is 1. The van der Waals surface area contributed by atoms with Crippen molar-refractivity contribution in [2.24, 2.45) is 0 Å². The van der Waals surface area contributed by atoms with Crippen molar-refractivity contribution < 1.29 is 9.53 Å². The maximum absolute atomic E-state index is 10.5. The SMILES string of the molecule is CC(C)(COC(=O)Cl)c1ccccc1. The summed E-state index contributed by atoms with van der Waals surface area (Å²) in [4.78, 5) is 10.5. The van der Waals surface area contributed by atoms with Crippen molar-refractivity contribution in [2.45, 2.75) is 19.3 Å². The van der Waals surface area contributed by atoms with Gasteiger partial charge in [0, 0.05) is 17.0 Å². The van der Waals surface area contributed by atoms with E-state index in [4.69, 9.17) is 16.3 Å². The van der Waals surface area contributed by atoms with Gasteiger partial charge in [0.15, 0.2) is 0 Å². The van der Waals surface area contributed by atoms with Crippen molar-refractivity contribution in [3.05, 3.63) is 35.9 Å². The van der Waals surface area contributed by atoms with Crippen molar-refractivity contribution in [3.63, 3.8) is 0 Å². The number of hydrogen-bond donors (Lipinski definition) is 0. The second kappa shape index (κ2) is 4.47. The zero-order chi connectivity index (χ0) is 10.6. The molecule has 0 unspecified atom stereocenters. The molecule has 0 aliphatic heterocycles. The highest BCUT2D eigenvalue weighted by molar-refractivity contribution is 6.61. The molecule has 1 aromatic carbocycles. The van der Waals surface area contributed by atoms with Gasteiger partial charge in [0.2, 0.25) is 0 Å². The molecule has 0 saturated heterocycles. The Morgan fingerprint density at radius 2 is 1.93 bits per heavy atom. The zero-order valence-corrected chi connectivity index (χ0v) is 9.04. The van der Waals surface area contributed by atoms with Gasteiger partial charge in [0.25, 0.3) is 0 Å². The van der Waals surface area contributed by atoms with Gasteiger partial charge in [-0.2, -0.15) is 0 Å². The standard InChI is InChI=1S/C11H13ClO2/c1-11(2,8-14-10(12)13)9-6-4-3-5-7-9/h3-7H,8H2,1-2H3. The van der Waals surface area contributed by atoms with Crippen molar-refractivity contribution >= 4 is 17.0 Å². The van der Waals surface area contributed by atoms with Crippen molar-refractivity contribution in [1.29, 1.82) is 0 Å². The Balaban J connectivity index is 2.70. The topological polar surface area (TPSA) is 26.3 Å². The number of hydrogen-bond acceptors (Lipinski definition) is 2. The third kappa shape index (κ3) is 3.04. The van der Waals surface area contributed by atoms with Crippen LogP contribution in [-0.4, -0.2) is 12.0 Å². The van der Waals surface area contributed by atoms with E-state index < -0.39 is 5.43 Å². The first kappa shape index (κ1) is 11.1. The Kier molecular flexibility index (Phi) is 3.53. The van der Waals surface area contributed by atoms with Gasteiger partial charge in [0.05, 0.1) is 0 Å². The van der Waals surface area contributed by atoms with Gasteiger partial charge in [-0.05, 0) is 5.56 Å². The van der Waals surface area contributed by atoms with E-state index in [2.05, 4.69) is 0 Å². The molecule has 0 aliphatic rings. The first-order valence-corrected chi connectivity index (χ1v) is 4.78. The van der Waals surface area contributed by atoms with Crippen LogP contribution in [0.5, 0.6) is 0 Å². The van der Waals surface area contributed by atoms with Crippen molar-refractivity contribution in [2.75, 3.05) is 6.61 Å². The van der Waals surface area contributed by atoms with Crippen LogP contribution in [0.4, 0.5) is 4.79 Å². The minimum Gasteiger partial charge on any atom is -0.453 e. The van der Waals surface area contributed by atoms with Gasteiger partial charge >= 0.3 is 5.43 Å². The first-order chi connectivity index (χ1) is 6.52. The molecule has 1 aromatic rings. The van der Waals surface area contributed by atoms with Crippen LogP contribution >= 0.6 is 11.6 Å². The summed E-state index contributed by atoms with van der Waals surface area (Å²) in [7, 11) is 0. The van der Waals surface area contributed by atoms with E-state index in [1.165, 1.54) is 0 Å². The predicted molar refractivity (Wildman–Crippen MR) is 56.7 cm³/mol. The maximum Gasteiger partial charge on any atom is 0.403 e. The van der Waals surface area contributed by atoms with Crippen molar-refractivity contribution in [1.82, 2.24) is 0 Å². The Labute approximate surface area is 88.8 Å². The highest BCUT2D eigenvalue weighted by atomic mass is 35.5. The van der Waals surface area contributed by atoms with E-state index >= 15 is 0 Å². The van der Waals surface area contributed by atoms with Gasteiger partial charge in [-0.3, -0.25) is 0 Å². The fraction of sp³-hybridized carbons (Fsp3) is 0.364. The van der Waals surface area contributed by atoms with Crippen LogP contribution < -0.4 is 0 Å². The average molecular weight is 213 g/mol. The van der Waals surface area contributed by atoms with Gasteiger partial charge in [0.1, 0.15) is 6.61 Å². The minimum absolute atomic E-state index is 0.203. The summed E-state index contributed by atoms with van der Waals surface area (Å²) in [5.41, 5.74) is 0.165. The van der Waals surface area contributed by atoms with Gasteiger partial charge in [-0.1, -0.05) is 44.2 Å². The Morgan fingerprint density at radius 1 is 1.36 bits per heavy atom. The monoisotopic (exact) mass is 212 g/mol. The molecular weight excluding hydrogens is 200 g/mol.